The average Bonchev–Trinajstić information content (AvgIpc) is 2.46. The lowest BCUT2D eigenvalue weighted by molar-refractivity contribution is 0.499. The fourth-order valence-corrected chi connectivity index (χ4v) is 2.36. The molecule has 1 unspecified atom stereocenters. The predicted molar refractivity (Wildman–Crippen MR) is 77.7 cm³/mol. The van der Waals surface area contributed by atoms with Crippen LogP contribution in [-0.4, -0.2) is 7.05 Å². The summed E-state index contributed by atoms with van der Waals surface area (Å²) in [6.07, 6.45) is 1.62. The molecule has 20 heavy (non-hydrogen) atoms. The van der Waals surface area contributed by atoms with E-state index in [1.807, 2.05) is 18.2 Å². The van der Waals surface area contributed by atoms with Crippen LogP contribution < -0.4 is 5.32 Å². The summed E-state index contributed by atoms with van der Waals surface area (Å²) >= 11 is 0. The zero-order valence-corrected chi connectivity index (χ0v) is 11.8. The first-order valence-electron chi connectivity index (χ1n) is 6.78. The molecule has 2 aromatic carbocycles. The van der Waals surface area contributed by atoms with Crippen molar-refractivity contribution in [2.75, 3.05) is 7.05 Å². The highest BCUT2D eigenvalue weighted by Gasteiger charge is 2.16. The molecule has 0 saturated carbocycles. The number of hydrogen-bond acceptors (Lipinski definition) is 1. The molecule has 0 aromatic heterocycles. The topological polar surface area (TPSA) is 12.0 Å². The molecule has 0 aliphatic rings. The Balaban J connectivity index is 2.14. The van der Waals surface area contributed by atoms with Crippen molar-refractivity contribution < 1.29 is 8.78 Å². The molecule has 0 radical (unpaired) electrons. The van der Waals surface area contributed by atoms with Gasteiger partial charge < -0.3 is 5.32 Å². The van der Waals surface area contributed by atoms with Crippen molar-refractivity contribution in [2.45, 2.75) is 25.8 Å². The Hall–Kier alpha value is -1.74. The van der Waals surface area contributed by atoms with Crippen molar-refractivity contribution in [1.82, 2.24) is 5.32 Å². The minimum absolute atomic E-state index is 0.116. The van der Waals surface area contributed by atoms with Crippen molar-refractivity contribution in [3.63, 3.8) is 0 Å². The highest BCUT2D eigenvalue weighted by atomic mass is 19.1. The highest BCUT2D eigenvalue weighted by Crippen LogP contribution is 2.24. The second-order valence-corrected chi connectivity index (χ2v) is 4.99. The number of rotatable bonds is 5. The van der Waals surface area contributed by atoms with Crippen LogP contribution in [0.3, 0.4) is 0 Å². The van der Waals surface area contributed by atoms with Gasteiger partial charge in [-0.15, -0.1) is 0 Å². The first-order chi connectivity index (χ1) is 9.61. The summed E-state index contributed by atoms with van der Waals surface area (Å²) in [5, 5.41) is 3.11. The SMILES string of the molecule is CNC(CCc1ccccc1)c1cc(C)c(F)cc1F. The van der Waals surface area contributed by atoms with Crippen LogP contribution in [0.5, 0.6) is 0 Å². The number of benzene rings is 2. The lowest BCUT2D eigenvalue weighted by Crippen LogP contribution is -2.19. The van der Waals surface area contributed by atoms with Crippen molar-refractivity contribution in [2.24, 2.45) is 0 Å². The summed E-state index contributed by atoms with van der Waals surface area (Å²) in [6, 6.07) is 12.5. The third-order valence-electron chi connectivity index (χ3n) is 3.57. The normalized spacial score (nSPS) is 12.4. The third-order valence-corrected chi connectivity index (χ3v) is 3.57. The summed E-state index contributed by atoms with van der Waals surface area (Å²) < 4.78 is 27.2. The van der Waals surface area contributed by atoms with Crippen LogP contribution in [0, 0.1) is 18.6 Å². The Kier molecular flexibility index (Phi) is 4.85. The van der Waals surface area contributed by atoms with Crippen molar-refractivity contribution in [3.8, 4) is 0 Å². The fourth-order valence-electron chi connectivity index (χ4n) is 2.36. The quantitative estimate of drug-likeness (QED) is 0.863. The van der Waals surface area contributed by atoms with Crippen LogP contribution >= 0.6 is 0 Å². The van der Waals surface area contributed by atoms with Gasteiger partial charge in [-0.1, -0.05) is 30.3 Å². The second kappa shape index (κ2) is 6.62. The molecule has 1 atom stereocenters. The first kappa shape index (κ1) is 14.7. The van der Waals surface area contributed by atoms with E-state index < -0.39 is 11.6 Å². The van der Waals surface area contributed by atoms with Crippen molar-refractivity contribution >= 4 is 0 Å². The van der Waals surface area contributed by atoms with Crippen LogP contribution in [0.1, 0.15) is 29.2 Å². The van der Waals surface area contributed by atoms with Crippen LogP contribution in [0.25, 0.3) is 0 Å². The molecule has 0 amide bonds. The van der Waals surface area contributed by atoms with E-state index in [1.165, 1.54) is 5.56 Å². The third kappa shape index (κ3) is 3.42. The maximum absolute atomic E-state index is 13.9. The lowest BCUT2D eigenvalue weighted by atomic mass is 9.97. The summed E-state index contributed by atoms with van der Waals surface area (Å²) in [5.41, 5.74) is 2.22. The Morgan fingerprint density at radius 2 is 1.75 bits per heavy atom. The van der Waals surface area contributed by atoms with E-state index in [2.05, 4.69) is 17.4 Å². The molecule has 0 bridgehead atoms. The largest absolute Gasteiger partial charge is 0.313 e. The van der Waals surface area contributed by atoms with Crippen molar-refractivity contribution in [1.29, 1.82) is 0 Å². The first-order valence-corrected chi connectivity index (χ1v) is 6.78. The second-order valence-electron chi connectivity index (χ2n) is 4.99. The van der Waals surface area contributed by atoms with E-state index in [0.717, 1.165) is 18.9 Å². The molecule has 0 aliphatic heterocycles. The smallest absolute Gasteiger partial charge is 0.130 e. The van der Waals surface area contributed by atoms with E-state index in [9.17, 15) is 8.78 Å². The molecule has 3 heteroatoms. The molecule has 0 heterocycles. The molecule has 2 aromatic rings. The van der Waals surface area contributed by atoms with Gasteiger partial charge in [0.15, 0.2) is 0 Å². The Labute approximate surface area is 118 Å². The molecule has 0 saturated heterocycles. The molecule has 0 aliphatic carbocycles. The van der Waals surface area contributed by atoms with Crippen molar-refractivity contribution in [3.05, 3.63) is 70.8 Å². The minimum atomic E-state index is -0.496. The molecule has 1 nitrogen and oxygen atoms in total. The Bertz CT molecular complexity index is 567. The molecule has 1 N–H and O–H groups in total. The zero-order valence-electron chi connectivity index (χ0n) is 11.8. The van der Waals surface area contributed by atoms with Crippen LogP contribution in [0.15, 0.2) is 42.5 Å². The standard InChI is InChI=1S/C17H19F2N/c1-12-10-14(16(19)11-15(12)18)17(20-2)9-8-13-6-4-3-5-7-13/h3-7,10-11,17,20H,8-9H2,1-2H3. The molecule has 2 rings (SSSR count). The van der Waals surface area contributed by atoms with Gasteiger partial charge in [-0.25, -0.2) is 8.78 Å². The van der Waals surface area contributed by atoms with Gasteiger partial charge in [0.2, 0.25) is 0 Å². The number of halogens is 2. The Morgan fingerprint density at radius 3 is 2.40 bits per heavy atom. The van der Waals surface area contributed by atoms with E-state index in [0.29, 0.717) is 11.1 Å². The Morgan fingerprint density at radius 1 is 1.05 bits per heavy atom. The van der Waals surface area contributed by atoms with E-state index in [4.69, 9.17) is 0 Å². The summed E-state index contributed by atoms with van der Waals surface area (Å²) in [5.74, 6) is -0.982. The van der Waals surface area contributed by atoms with Gasteiger partial charge in [-0.3, -0.25) is 0 Å². The highest BCUT2D eigenvalue weighted by molar-refractivity contribution is 5.28. The van der Waals surface area contributed by atoms with Gasteiger partial charge in [0.25, 0.3) is 0 Å². The number of nitrogens with one attached hydrogen (secondary N) is 1. The van der Waals surface area contributed by atoms with Gasteiger partial charge in [-0.2, -0.15) is 0 Å². The number of aryl methyl sites for hydroxylation is 2. The van der Waals surface area contributed by atoms with Crippen LogP contribution in [-0.2, 0) is 6.42 Å². The van der Waals surface area contributed by atoms with E-state index in [1.54, 1.807) is 20.0 Å². The van der Waals surface area contributed by atoms with E-state index in [-0.39, 0.29) is 6.04 Å². The van der Waals surface area contributed by atoms with Crippen LogP contribution in [0.2, 0.25) is 0 Å². The van der Waals surface area contributed by atoms with Gasteiger partial charge >= 0.3 is 0 Å². The maximum atomic E-state index is 13.9. The minimum Gasteiger partial charge on any atom is -0.313 e. The van der Waals surface area contributed by atoms with Gasteiger partial charge in [0, 0.05) is 17.7 Å². The molecular formula is C17H19F2N. The lowest BCUT2D eigenvalue weighted by Gasteiger charge is -2.18. The van der Waals surface area contributed by atoms with Crippen LogP contribution in [0.4, 0.5) is 8.78 Å². The molecular weight excluding hydrogens is 256 g/mol. The molecule has 106 valence electrons. The van der Waals surface area contributed by atoms with E-state index >= 15 is 0 Å². The zero-order chi connectivity index (χ0) is 14.5. The monoisotopic (exact) mass is 275 g/mol. The van der Waals surface area contributed by atoms with Gasteiger partial charge in [-0.05, 0) is 44.0 Å². The van der Waals surface area contributed by atoms with Gasteiger partial charge in [0.05, 0.1) is 0 Å². The molecule has 0 fully saturated rings. The maximum Gasteiger partial charge on any atom is 0.130 e. The predicted octanol–water partition coefficient (Wildman–Crippen LogP) is 4.17. The summed E-state index contributed by atoms with van der Waals surface area (Å²) in [4.78, 5) is 0. The fraction of sp³-hybridized carbons (Fsp3) is 0.294. The average molecular weight is 275 g/mol. The summed E-state index contributed by atoms with van der Waals surface area (Å²) in [6.45, 7) is 1.65. The number of hydrogen-bond donors (Lipinski definition) is 1. The molecule has 0 spiro atoms. The summed E-state index contributed by atoms with van der Waals surface area (Å²) in [7, 11) is 1.80. The van der Waals surface area contributed by atoms with Gasteiger partial charge in [0.1, 0.15) is 11.6 Å².